The second kappa shape index (κ2) is 28.7. The van der Waals surface area contributed by atoms with Crippen molar-refractivity contribution in [3.63, 3.8) is 0 Å². The Morgan fingerprint density at radius 3 is 2.27 bits per heavy atom. The van der Waals surface area contributed by atoms with Gasteiger partial charge in [0.1, 0.15) is 30.1 Å². The summed E-state index contributed by atoms with van der Waals surface area (Å²) in [7, 11) is 4.64. The zero-order chi connectivity index (χ0) is 51.7. The Morgan fingerprint density at radius 1 is 0.843 bits per heavy atom. The number of carbonyl (C=O) groups is 5. The zero-order valence-electron chi connectivity index (χ0n) is 44.1. The molecule has 0 spiro atoms. The second-order valence-corrected chi connectivity index (χ2v) is 20.6. The van der Waals surface area contributed by atoms with Gasteiger partial charge in [0.15, 0.2) is 5.78 Å². The Hall–Kier alpha value is -3.41. The van der Waals surface area contributed by atoms with Crippen LogP contribution in [0.5, 0.6) is 0 Å². The highest BCUT2D eigenvalue weighted by molar-refractivity contribution is 6.39. The van der Waals surface area contributed by atoms with E-state index in [0.29, 0.717) is 76.8 Å². The average Bonchev–Trinajstić information content (AvgIpc) is 3.34. The lowest BCUT2D eigenvalue weighted by atomic mass is 9.78. The van der Waals surface area contributed by atoms with E-state index in [9.17, 15) is 34.2 Å². The number of ketones is 3. The van der Waals surface area contributed by atoms with Crippen LogP contribution >= 0.6 is 0 Å². The van der Waals surface area contributed by atoms with Crippen molar-refractivity contribution in [3.8, 4) is 0 Å². The first-order valence-corrected chi connectivity index (χ1v) is 26.0. The first-order chi connectivity index (χ1) is 33.3. The van der Waals surface area contributed by atoms with Gasteiger partial charge in [-0.3, -0.25) is 19.2 Å². The molecule has 0 aromatic heterocycles. The van der Waals surface area contributed by atoms with Gasteiger partial charge in [-0.25, -0.2) is 4.79 Å². The number of hydrogen-bond acceptors (Lipinski definition) is 14. The molecule has 15 atom stereocenters. The monoisotopic (exact) mass is 986 g/mol. The molecule has 0 aromatic rings. The van der Waals surface area contributed by atoms with Crippen molar-refractivity contribution in [2.75, 3.05) is 47.7 Å². The number of esters is 1. The quantitative estimate of drug-likeness (QED) is 0.0911. The standard InChI is InChI=1S/C55H87NO14/c1-12-67-26-27-68-45-24-22-41(31-48(45)65-10)30-37(5)47-33-44(57)36(4)29-39(7)50(59)51(66-11)49(58)38(6)28-34(2)18-14-13-15-19-35(3)46(64-9)32-42-23-21-40(8)55(63,70-42)52(60)53(61)56-25-17-16-20-43(56)54(62)69-47/h13-15,18-19,29,34,36-38,40-43,45-48,50-51,59,63H,12,16-17,20-28,30-33H2,1-11H3/b15-13+,18-14+,35-19+,39-29+/t34-,36-,37-,38-,40-,41+,42+,43?,45?,46+,47+,48-,50-,51?,55-/m1/s1. The highest BCUT2D eigenvalue weighted by Crippen LogP contribution is 2.38. The van der Waals surface area contributed by atoms with E-state index in [0.717, 1.165) is 18.4 Å². The number of allylic oxidation sites excluding steroid dienone is 6. The highest BCUT2D eigenvalue weighted by Gasteiger charge is 2.53. The number of amides is 1. The molecule has 3 aliphatic heterocycles. The summed E-state index contributed by atoms with van der Waals surface area (Å²) in [5, 5.41) is 23.5. The van der Waals surface area contributed by atoms with Crippen molar-refractivity contribution in [1.82, 2.24) is 4.90 Å². The van der Waals surface area contributed by atoms with Gasteiger partial charge in [0, 0.05) is 65.1 Å². The third-order valence-corrected chi connectivity index (χ3v) is 15.2. The van der Waals surface area contributed by atoms with Crippen LogP contribution in [0.4, 0.5) is 0 Å². The lowest BCUT2D eigenvalue weighted by Gasteiger charge is -2.42. The van der Waals surface area contributed by atoms with E-state index in [1.54, 1.807) is 41.1 Å². The van der Waals surface area contributed by atoms with Crippen LogP contribution in [-0.4, -0.2) is 147 Å². The van der Waals surface area contributed by atoms with Gasteiger partial charge < -0.3 is 48.3 Å². The van der Waals surface area contributed by atoms with E-state index in [1.165, 1.54) is 12.0 Å². The van der Waals surface area contributed by atoms with E-state index < -0.39 is 77.8 Å². The number of hydrogen-bond donors (Lipinski definition) is 2. The van der Waals surface area contributed by atoms with Crippen LogP contribution in [0.2, 0.25) is 0 Å². The Bertz CT molecular complexity index is 1840. The minimum atomic E-state index is -2.43. The number of nitrogens with zero attached hydrogens (tertiary/aromatic N) is 1. The smallest absolute Gasteiger partial charge is 0.329 e. The number of fused-ring (bicyclic) bond motifs is 3. The minimum absolute atomic E-state index is 0.0195. The van der Waals surface area contributed by atoms with Gasteiger partial charge in [0.05, 0.1) is 37.6 Å². The lowest BCUT2D eigenvalue weighted by Crippen LogP contribution is -2.61. The van der Waals surface area contributed by atoms with Crippen molar-refractivity contribution in [3.05, 3.63) is 47.6 Å². The van der Waals surface area contributed by atoms with Crippen molar-refractivity contribution in [1.29, 1.82) is 0 Å². The molecular formula is C55H87NO14. The molecule has 4 rings (SSSR count). The molecule has 15 nitrogen and oxygen atoms in total. The van der Waals surface area contributed by atoms with Gasteiger partial charge in [-0.05, 0) is 114 Å². The molecule has 70 heavy (non-hydrogen) atoms. The third-order valence-electron chi connectivity index (χ3n) is 15.2. The van der Waals surface area contributed by atoms with Crippen LogP contribution in [0, 0.1) is 35.5 Å². The fourth-order valence-electron chi connectivity index (χ4n) is 10.7. The molecule has 3 heterocycles. The van der Waals surface area contributed by atoms with Crippen LogP contribution in [0.25, 0.3) is 0 Å². The summed E-state index contributed by atoms with van der Waals surface area (Å²) in [5.41, 5.74) is 1.28. The van der Waals surface area contributed by atoms with Crippen molar-refractivity contribution < 1.29 is 67.3 Å². The number of methoxy groups -OCH3 is 3. The van der Waals surface area contributed by atoms with Crippen molar-refractivity contribution in [2.24, 2.45) is 35.5 Å². The molecular weight excluding hydrogens is 899 g/mol. The maximum atomic E-state index is 14.5. The molecule has 1 amide bonds. The average molecular weight is 986 g/mol. The van der Waals surface area contributed by atoms with Crippen LogP contribution in [0.15, 0.2) is 47.6 Å². The summed E-state index contributed by atoms with van der Waals surface area (Å²) in [5.74, 6) is -7.83. The second-order valence-electron chi connectivity index (χ2n) is 20.6. The van der Waals surface area contributed by atoms with Gasteiger partial charge in [-0.15, -0.1) is 0 Å². The maximum absolute atomic E-state index is 14.5. The van der Waals surface area contributed by atoms with Gasteiger partial charge in [0.25, 0.3) is 11.7 Å². The molecule has 0 radical (unpaired) electrons. The molecule has 0 aromatic carbocycles. The molecule has 3 unspecified atom stereocenters. The molecule has 2 N–H and O–H groups in total. The fraction of sp³-hybridized carbons (Fsp3) is 0.764. The number of aliphatic hydroxyl groups is 2. The third kappa shape index (κ3) is 16.3. The van der Waals surface area contributed by atoms with Gasteiger partial charge >= 0.3 is 5.97 Å². The Labute approximate surface area is 418 Å². The number of rotatable bonds is 11. The van der Waals surface area contributed by atoms with E-state index in [2.05, 4.69) is 0 Å². The SMILES string of the molecule is CCOCCOC1CC[C@@H](C[C@@H](C)[C@@H]2CC(=O)[C@H](C)/C=C(\C)[C@@H](O)C(OC)C(=O)[C@H](C)C[C@H](C)/C=C/C=C/C=C(\C)[C@@H](OC)C[C@@H]3CC[C@@H](C)[C@@](O)(O3)C(=O)C(=O)N3CCCCC3C(=O)O2)C[C@H]1OC. The summed E-state index contributed by atoms with van der Waals surface area (Å²) in [6, 6.07) is -1.14. The molecule has 396 valence electrons. The summed E-state index contributed by atoms with van der Waals surface area (Å²) in [6.45, 7) is 16.4. The van der Waals surface area contributed by atoms with Gasteiger partial charge in [-0.2, -0.15) is 0 Å². The Balaban J connectivity index is 1.68. The number of carbonyl (C=O) groups excluding carboxylic acids is 5. The molecule has 1 aliphatic carbocycles. The highest BCUT2D eigenvalue weighted by atomic mass is 16.6. The van der Waals surface area contributed by atoms with E-state index in [4.69, 9.17) is 33.2 Å². The molecule has 2 saturated heterocycles. The number of Topliss-reactive ketones (excluding diaryl/α,β-unsaturated/α-hetero) is 3. The summed E-state index contributed by atoms with van der Waals surface area (Å²) in [6.07, 6.45) is 12.4. The van der Waals surface area contributed by atoms with Gasteiger partial charge in [-0.1, -0.05) is 71.1 Å². The number of piperidine rings is 1. The molecule has 3 fully saturated rings. The predicted octanol–water partition coefficient (Wildman–Crippen LogP) is 7.24. The van der Waals surface area contributed by atoms with E-state index in [1.807, 2.05) is 65.0 Å². The summed E-state index contributed by atoms with van der Waals surface area (Å²) >= 11 is 0. The van der Waals surface area contributed by atoms with E-state index in [-0.39, 0.29) is 60.9 Å². The maximum Gasteiger partial charge on any atom is 0.329 e. The predicted molar refractivity (Wildman–Crippen MR) is 265 cm³/mol. The molecule has 4 aliphatic rings. The van der Waals surface area contributed by atoms with Gasteiger partial charge in [0.2, 0.25) is 5.79 Å². The van der Waals surface area contributed by atoms with Crippen molar-refractivity contribution in [2.45, 2.75) is 187 Å². The first-order valence-electron chi connectivity index (χ1n) is 26.0. The first kappa shape index (κ1) is 59.2. The number of cyclic esters (lactones) is 1. The minimum Gasteiger partial charge on any atom is -0.460 e. The zero-order valence-corrected chi connectivity index (χ0v) is 44.1. The van der Waals surface area contributed by atoms with Crippen LogP contribution < -0.4 is 0 Å². The number of ether oxygens (including phenoxy) is 7. The Morgan fingerprint density at radius 2 is 1.59 bits per heavy atom. The Kier molecular flexibility index (Phi) is 24.3. The number of aliphatic hydroxyl groups excluding tert-OH is 1. The van der Waals surface area contributed by atoms with E-state index >= 15 is 0 Å². The van der Waals surface area contributed by atoms with Crippen LogP contribution in [0.3, 0.4) is 0 Å². The summed E-state index contributed by atoms with van der Waals surface area (Å²) in [4.78, 5) is 72.4. The molecule has 1 saturated carbocycles. The van der Waals surface area contributed by atoms with Crippen LogP contribution in [-0.2, 0) is 57.1 Å². The molecule has 15 heteroatoms. The fourth-order valence-corrected chi connectivity index (χ4v) is 10.7. The van der Waals surface area contributed by atoms with Crippen LogP contribution in [0.1, 0.15) is 132 Å². The molecule has 2 bridgehead atoms. The summed E-state index contributed by atoms with van der Waals surface area (Å²) < 4.78 is 41.5. The lowest BCUT2D eigenvalue weighted by molar-refractivity contribution is -0.265. The van der Waals surface area contributed by atoms with Crippen molar-refractivity contribution >= 4 is 29.2 Å². The normalized spacial score (nSPS) is 38.4. The topological polar surface area (TPSA) is 194 Å². The largest absolute Gasteiger partial charge is 0.460 e.